The van der Waals surface area contributed by atoms with Gasteiger partial charge in [0.05, 0.1) is 6.20 Å². The second-order valence-electron chi connectivity index (χ2n) is 1.42. The topological polar surface area (TPSA) is 35.7 Å². The van der Waals surface area contributed by atoms with E-state index in [1.807, 2.05) is 0 Å². The zero-order valence-electron chi connectivity index (χ0n) is 4.59. The van der Waals surface area contributed by atoms with Gasteiger partial charge >= 0.3 is 6.36 Å². The van der Waals surface area contributed by atoms with E-state index in [-0.39, 0.29) is 0 Å². The number of rotatable bonds is 0. The SMILES string of the molecule is FC(F)(F)OC1=N[N]C=C1. The first kappa shape index (κ1) is 6.91. The number of hydrogen-bond acceptors (Lipinski definition) is 2. The summed E-state index contributed by atoms with van der Waals surface area (Å²) in [4.78, 5) is 0. The molecule has 0 saturated carbocycles. The van der Waals surface area contributed by atoms with Crippen LogP contribution >= 0.6 is 0 Å². The van der Waals surface area contributed by atoms with Gasteiger partial charge in [0.2, 0.25) is 5.90 Å². The fourth-order valence-corrected chi connectivity index (χ4v) is 0.394. The quantitative estimate of drug-likeness (QED) is 0.508. The molecule has 1 heterocycles. The van der Waals surface area contributed by atoms with Gasteiger partial charge in [-0.15, -0.1) is 18.3 Å². The molecule has 0 atom stereocenters. The van der Waals surface area contributed by atoms with Crippen LogP contribution in [0, 0.1) is 0 Å². The minimum absolute atomic E-state index is 0.535. The average molecular weight is 151 g/mol. The molecule has 0 N–H and O–H groups in total. The summed E-state index contributed by atoms with van der Waals surface area (Å²) in [7, 11) is 0. The molecular formula is C4H2F3N2O. The number of halogens is 3. The van der Waals surface area contributed by atoms with Crippen LogP contribution in [0.15, 0.2) is 17.4 Å². The minimum Gasteiger partial charge on any atom is -0.386 e. The van der Waals surface area contributed by atoms with Crippen molar-refractivity contribution in [3.63, 3.8) is 0 Å². The van der Waals surface area contributed by atoms with Crippen molar-refractivity contribution >= 4 is 5.90 Å². The Hall–Kier alpha value is -1.20. The van der Waals surface area contributed by atoms with Gasteiger partial charge in [0.15, 0.2) is 0 Å². The summed E-state index contributed by atoms with van der Waals surface area (Å²) in [6, 6.07) is 0. The molecule has 0 aromatic rings. The van der Waals surface area contributed by atoms with Crippen molar-refractivity contribution < 1.29 is 17.9 Å². The number of nitrogens with zero attached hydrogens (tertiary/aromatic N) is 2. The lowest BCUT2D eigenvalue weighted by Gasteiger charge is -2.04. The van der Waals surface area contributed by atoms with Crippen LogP contribution in [0.25, 0.3) is 0 Å². The van der Waals surface area contributed by atoms with Crippen LogP contribution in [0.3, 0.4) is 0 Å². The van der Waals surface area contributed by atoms with Gasteiger partial charge in [-0.3, -0.25) is 0 Å². The highest BCUT2D eigenvalue weighted by Gasteiger charge is 2.32. The van der Waals surface area contributed by atoms with E-state index in [1.54, 1.807) is 0 Å². The molecule has 0 fully saturated rings. The van der Waals surface area contributed by atoms with E-state index in [0.717, 1.165) is 12.3 Å². The Morgan fingerprint density at radius 3 is 2.50 bits per heavy atom. The van der Waals surface area contributed by atoms with Gasteiger partial charge in [-0.2, -0.15) is 5.43 Å². The van der Waals surface area contributed by atoms with Crippen LogP contribution in [-0.2, 0) is 4.74 Å². The van der Waals surface area contributed by atoms with Gasteiger partial charge in [-0.25, -0.2) is 0 Å². The Morgan fingerprint density at radius 1 is 1.40 bits per heavy atom. The molecule has 0 spiro atoms. The van der Waals surface area contributed by atoms with E-state index in [2.05, 4.69) is 15.3 Å². The fraction of sp³-hybridized carbons (Fsp3) is 0.250. The minimum atomic E-state index is -4.68. The molecule has 0 bridgehead atoms. The van der Waals surface area contributed by atoms with Crippen LogP contribution in [0.5, 0.6) is 0 Å². The molecule has 1 radical (unpaired) electrons. The van der Waals surface area contributed by atoms with Crippen LogP contribution in [-0.4, -0.2) is 12.3 Å². The fourth-order valence-electron chi connectivity index (χ4n) is 0.394. The second kappa shape index (κ2) is 2.20. The molecule has 1 rings (SSSR count). The smallest absolute Gasteiger partial charge is 0.386 e. The van der Waals surface area contributed by atoms with E-state index in [1.165, 1.54) is 0 Å². The summed E-state index contributed by atoms with van der Waals surface area (Å²) < 4.78 is 37.4. The highest BCUT2D eigenvalue weighted by molar-refractivity contribution is 5.88. The summed E-state index contributed by atoms with van der Waals surface area (Å²) in [6.45, 7) is 0. The van der Waals surface area contributed by atoms with Crippen LogP contribution < -0.4 is 5.43 Å². The molecule has 0 unspecified atom stereocenters. The van der Waals surface area contributed by atoms with Crippen molar-refractivity contribution in [1.82, 2.24) is 5.43 Å². The van der Waals surface area contributed by atoms with Crippen molar-refractivity contribution in [2.75, 3.05) is 0 Å². The third kappa shape index (κ3) is 1.96. The van der Waals surface area contributed by atoms with Gasteiger partial charge in [0, 0.05) is 6.08 Å². The van der Waals surface area contributed by atoms with E-state index in [4.69, 9.17) is 0 Å². The van der Waals surface area contributed by atoms with Gasteiger partial charge < -0.3 is 4.74 Å². The Morgan fingerprint density at radius 2 is 2.10 bits per heavy atom. The summed E-state index contributed by atoms with van der Waals surface area (Å²) in [5, 5.41) is 3.01. The van der Waals surface area contributed by atoms with Crippen molar-refractivity contribution in [3.8, 4) is 0 Å². The molecule has 0 aromatic heterocycles. The highest BCUT2D eigenvalue weighted by atomic mass is 19.4. The molecule has 0 saturated heterocycles. The van der Waals surface area contributed by atoms with Gasteiger partial charge in [0.25, 0.3) is 0 Å². The predicted octanol–water partition coefficient (Wildman–Crippen LogP) is 0.968. The van der Waals surface area contributed by atoms with Gasteiger partial charge in [-0.05, 0) is 0 Å². The maximum atomic E-state index is 11.3. The lowest BCUT2D eigenvalue weighted by atomic mass is 10.6. The summed E-state index contributed by atoms with van der Waals surface area (Å²) in [5.41, 5.74) is 3.13. The second-order valence-corrected chi connectivity index (χ2v) is 1.42. The summed E-state index contributed by atoms with van der Waals surface area (Å²) >= 11 is 0. The zero-order valence-corrected chi connectivity index (χ0v) is 4.59. The zero-order chi connectivity index (χ0) is 7.61. The van der Waals surface area contributed by atoms with Gasteiger partial charge in [-0.1, -0.05) is 0 Å². The third-order valence-corrected chi connectivity index (χ3v) is 0.660. The van der Waals surface area contributed by atoms with Crippen molar-refractivity contribution in [1.29, 1.82) is 0 Å². The van der Waals surface area contributed by atoms with E-state index in [0.29, 0.717) is 0 Å². The standard InChI is InChI=1S/C4H2F3N2O/c5-4(6,7)10-3-1-2-8-9-3/h1-2H. The molecule has 10 heavy (non-hydrogen) atoms. The normalized spacial score (nSPS) is 16.5. The Kier molecular flexibility index (Phi) is 1.52. The highest BCUT2D eigenvalue weighted by Crippen LogP contribution is 2.17. The first-order valence-electron chi connectivity index (χ1n) is 2.28. The Bertz CT molecular complexity index is 183. The van der Waals surface area contributed by atoms with Crippen LogP contribution in [0.4, 0.5) is 13.2 Å². The summed E-state index contributed by atoms with van der Waals surface area (Å²) in [5.74, 6) is -0.535. The molecule has 1 aliphatic rings. The largest absolute Gasteiger partial charge is 0.574 e. The lowest BCUT2D eigenvalue weighted by Crippen LogP contribution is -2.17. The lowest BCUT2D eigenvalue weighted by molar-refractivity contribution is -0.282. The maximum absolute atomic E-state index is 11.3. The first-order chi connectivity index (χ1) is 4.58. The number of alkyl halides is 3. The summed E-state index contributed by atoms with van der Waals surface area (Å²) in [6.07, 6.45) is -2.54. The molecular weight excluding hydrogens is 149 g/mol. The molecule has 6 heteroatoms. The Labute approximate surface area is 54.2 Å². The maximum Gasteiger partial charge on any atom is 0.574 e. The number of hydrogen-bond donors (Lipinski definition) is 0. The molecule has 55 valence electrons. The van der Waals surface area contributed by atoms with E-state index < -0.39 is 12.3 Å². The van der Waals surface area contributed by atoms with Crippen LogP contribution in [0.2, 0.25) is 0 Å². The molecule has 0 aromatic carbocycles. The molecule has 0 amide bonds. The molecule has 1 aliphatic heterocycles. The van der Waals surface area contributed by atoms with Crippen LogP contribution in [0.1, 0.15) is 0 Å². The van der Waals surface area contributed by atoms with E-state index in [9.17, 15) is 13.2 Å². The van der Waals surface area contributed by atoms with Gasteiger partial charge in [0.1, 0.15) is 0 Å². The van der Waals surface area contributed by atoms with Crippen molar-refractivity contribution in [3.05, 3.63) is 12.3 Å². The molecule has 0 aliphatic carbocycles. The van der Waals surface area contributed by atoms with E-state index >= 15 is 0 Å². The third-order valence-electron chi connectivity index (χ3n) is 0.660. The Balaban J connectivity index is 2.46. The first-order valence-corrected chi connectivity index (χ1v) is 2.28. The average Bonchev–Trinajstić information content (AvgIpc) is 2.12. The predicted molar refractivity (Wildman–Crippen MR) is 25.8 cm³/mol. The molecule has 3 nitrogen and oxygen atoms in total. The monoisotopic (exact) mass is 151 g/mol. The van der Waals surface area contributed by atoms with Crippen molar-refractivity contribution in [2.24, 2.45) is 5.10 Å². The number of ether oxygens (including phenoxy) is 1. The van der Waals surface area contributed by atoms with Crippen molar-refractivity contribution in [2.45, 2.75) is 6.36 Å².